The molecule has 0 radical (unpaired) electrons. The first-order valence-corrected chi connectivity index (χ1v) is 11.5. The van der Waals surface area contributed by atoms with E-state index in [9.17, 15) is 9.59 Å². The molecule has 0 spiro atoms. The number of amides is 2. The molecule has 2 atom stereocenters. The zero-order valence-corrected chi connectivity index (χ0v) is 18.4. The summed E-state index contributed by atoms with van der Waals surface area (Å²) in [5, 5.41) is 0. The van der Waals surface area contributed by atoms with Gasteiger partial charge in [-0.2, -0.15) is 0 Å². The maximum Gasteiger partial charge on any atom is 0.231 e. The highest BCUT2D eigenvalue weighted by molar-refractivity contribution is 5.99. The van der Waals surface area contributed by atoms with E-state index in [1.807, 2.05) is 46.2 Å². The molecule has 2 aromatic rings. The molecule has 2 aliphatic heterocycles. The van der Waals surface area contributed by atoms with E-state index in [0.717, 1.165) is 31.8 Å². The van der Waals surface area contributed by atoms with Gasteiger partial charge in [-0.1, -0.05) is 48.6 Å². The van der Waals surface area contributed by atoms with Crippen molar-refractivity contribution >= 4 is 23.2 Å². The van der Waals surface area contributed by atoms with E-state index in [2.05, 4.69) is 40.6 Å². The summed E-state index contributed by atoms with van der Waals surface area (Å²) in [6, 6.07) is 20.6. The van der Waals surface area contributed by atoms with Gasteiger partial charge in [-0.05, 0) is 24.3 Å². The Balaban J connectivity index is 1.13. The first kappa shape index (κ1) is 20.6. The molecule has 0 aromatic heterocycles. The number of hydrogen-bond donors (Lipinski definition) is 0. The number of anilines is 2. The molecular weight excluding hydrogens is 400 g/mol. The van der Waals surface area contributed by atoms with E-state index in [1.54, 1.807) is 0 Å². The Kier molecular flexibility index (Phi) is 5.60. The largest absolute Gasteiger partial charge is 0.368 e. The average molecular weight is 431 g/mol. The lowest BCUT2D eigenvalue weighted by Gasteiger charge is -2.37. The fourth-order valence-electron chi connectivity index (χ4n) is 4.96. The minimum Gasteiger partial charge on any atom is -0.368 e. The highest BCUT2D eigenvalue weighted by Crippen LogP contribution is 2.47. The third-order valence-corrected chi connectivity index (χ3v) is 6.98. The molecule has 2 heterocycles. The highest BCUT2D eigenvalue weighted by Gasteiger charge is 2.55. The molecule has 3 fully saturated rings. The van der Waals surface area contributed by atoms with Gasteiger partial charge in [0, 0.05) is 63.7 Å². The zero-order valence-electron chi connectivity index (χ0n) is 18.4. The monoisotopic (exact) mass is 430 g/mol. The fraction of sp³-hybridized carbons (Fsp3) is 0.385. The summed E-state index contributed by atoms with van der Waals surface area (Å²) >= 11 is 0. The van der Waals surface area contributed by atoms with Crippen LogP contribution in [0.1, 0.15) is 0 Å². The van der Waals surface area contributed by atoms with Crippen molar-refractivity contribution in [3.8, 4) is 0 Å². The number of piperazine rings is 2. The van der Waals surface area contributed by atoms with Crippen LogP contribution in [-0.4, -0.2) is 74.0 Å². The molecular formula is C26H30N4O2. The molecule has 2 amide bonds. The van der Waals surface area contributed by atoms with Crippen molar-refractivity contribution in [1.29, 1.82) is 0 Å². The number of benzene rings is 2. The molecule has 2 saturated heterocycles. The third kappa shape index (κ3) is 3.97. The molecule has 5 rings (SSSR count). The van der Waals surface area contributed by atoms with Crippen LogP contribution in [0.4, 0.5) is 11.4 Å². The number of hydrogen-bond acceptors (Lipinski definition) is 4. The average Bonchev–Trinajstić information content (AvgIpc) is 3.55. The second kappa shape index (κ2) is 8.69. The van der Waals surface area contributed by atoms with Crippen molar-refractivity contribution in [3.05, 3.63) is 72.8 Å². The maximum atomic E-state index is 13.1. The quantitative estimate of drug-likeness (QED) is 0.700. The van der Waals surface area contributed by atoms with Crippen LogP contribution in [0.25, 0.3) is 0 Å². The minimum atomic E-state index is -0.335. The molecule has 1 saturated carbocycles. The van der Waals surface area contributed by atoms with Crippen molar-refractivity contribution in [2.45, 2.75) is 0 Å². The van der Waals surface area contributed by atoms with Gasteiger partial charge in [0.1, 0.15) is 0 Å². The van der Waals surface area contributed by atoms with Gasteiger partial charge in [-0.25, -0.2) is 0 Å². The molecule has 6 heteroatoms. The van der Waals surface area contributed by atoms with Crippen LogP contribution in [-0.2, 0) is 9.59 Å². The summed E-state index contributed by atoms with van der Waals surface area (Å²) in [7, 11) is 0. The van der Waals surface area contributed by atoms with Gasteiger partial charge in [0.05, 0.1) is 11.8 Å². The first-order valence-electron chi connectivity index (χ1n) is 11.5. The molecule has 0 bridgehead atoms. The Morgan fingerprint density at radius 2 is 0.938 bits per heavy atom. The predicted molar refractivity (Wildman–Crippen MR) is 127 cm³/mol. The second-order valence-corrected chi connectivity index (χ2v) is 8.83. The van der Waals surface area contributed by atoms with Gasteiger partial charge in [-0.3, -0.25) is 9.59 Å². The lowest BCUT2D eigenvalue weighted by atomic mass is 10.2. The predicted octanol–water partition coefficient (Wildman–Crippen LogP) is 2.49. The topological polar surface area (TPSA) is 47.1 Å². The van der Waals surface area contributed by atoms with Gasteiger partial charge in [0.25, 0.3) is 0 Å². The van der Waals surface area contributed by atoms with Crippen LogP contribution in [0.2, 0.25) is 0 Å². The van der Waals surface area contributed by atoms with Crippen molar-refractivity contribution in [1.82, 2.24) is 9.80 Å². The second-order valence-electron chi connectivity index (χ2n) is 8.83. The summed E-state index contributed by atoms with van der Waals surface area (Å²) in [5.41, 5.74) is 3.17. The summed E-state index contributed by atoms with van der Waals surface area (Å²) in [6.45, 7) is 10.1. The van der Waals surface area contributed by atoms with E-state index in [1.165, 1.54) is 11.4 Å². The van der Waals surface area contributed by atoms with Crippen LogP contribution < -0.4 is 9.80 Å². The van der Waals surface area contributed by atoms with Crippen LogP contribution in [0, 0.1) is 11.8 Å². The lowest BCUT2D eigenvalue weighted by molar-refractivity contribution is -0.138. The van der Waals surface area contributed by atoms with E-state index >= 15 is 0 Å². The zero-order chi connectivity index (χ0) is 22.1. The van der Waals surface area contributed by atoms with E-state index < -0.39 is 0 Å². The van der Waals surface area contributed by atoms with Gasteiger partial charge in [-0.15, -0.1) is 0 Å². The standard InChI is InChI=1S/C26H30N4O2/c1-20-23(25(31)29-16-12-27(13-17-29)21-8-4-2-5-9-21)24(20)26(32)30-18-14-28(15-19-30)22-10-6-3-7-11-22/h2-11,23-24H,1,12-19H2/t23-,24-/m1/s1. The van der Waals surface area contributed by atoms with Crippen LogP contribution >= 0.6 is 0 Å². The van der Waals surface area contributed by atoms with Crippen molar-refractivity contribution < 1.29 is 9.59 Å². The van der Waals surface area contributed by atoms with Crippen molar-refractivity contribution in [2.24, 2.45) is 11.8 Å². The smallest absolute Gasteiger partial charge is 0.231 e. The molecule has 32 heavy (non-hydrogen) atoms. The summed E-state index contributed by atoms with van der Waals surface area (Å²) in [6.07, 6.45) is 0. The van der Waals surface area contributed by atoms with Gasteiger partial charge in [0.2, 0.25) is 11.8 Å². The molecule has 0 N–H and O–H groups in total. The van der Waals surface area contributed by atoms with E-state index in [0.29, 0.717) is 26.2 Å². The van der Waals surface area contributed by atoms with Crippen molar-refractivity contribution in [2.75, 3.05) is 62.2 Å². The normalized spacial score (nSPS) is 23.3. The van der Waals surface area contributed by atoms with Crippen LogP contribution in [0.3, 0.4) is 0 Å². The number of carbonyl (C=O) groups excluding carboxylic acids is 2. The first-order chi connectivity index (χ1) is 15.6. The number of para-hydroxylation sites is 2. The Morgan fingerprint density at radius 1 is 0.594 bits per heavy atom. The SMILES string of the molecule is C=C1[C@@H](C(=O)N2CCN(c3ccccc3)CC2)[C@@H]1C(=O)N1CCN(c2ccccc2)CC1. The molecule has 166 valence electrons. The Labute approximate surface area is 189 Å². The molecule has 3 aliphatic rings. The molecule has 6 nitrogen and oxygen atoms in total. The Hall–Kier alpha value is -3.28. The molecule has 1 aliphatic carbocycles. The number of nitrogens with zero attached hydrogens (tertiary/aromatic N) is 4. The maximum absolute atomic E-state index is 13.1. The van der Waals surface area contributed by atoms with E-state index in [4.69, 9.17) is 0 Å². The lowest BCUT2D eigenvalue weighted by Crippen LogP contribution is -2.50. The van der Waals surface area contributed by atoms with Gasteiger partial charge >= 0.3 is 0 Å². The Bertz CT molecular complexity index is 898. The third-order valence-electron chi connectivity index (χ3n) is 6.98. The molecule has 0 unspecified atom stereocenters. The minimum absolute atomic E-state index is 0.0731. The summed E-state index contributed by atoms with van der Waals surface area (Å²) < 4.78 is 0. The number of rotatable bonds is 4. The van der Waals surface area contributed by atoms with Crippen LogP contribution in [0.15, 0.2) is 72.8 Å². The molecule has 2 aromatic carbocycles. The summed E-state index contributed by atoms with van der Waals surface area (Å²) in [5.74, 6) is -0.524. The van der Waals surface area contributed by atoms with Crippen LogP contribution in [0.5, 0.6) is 0 Å². The number of carbonyl (C=O) groups is 2. The summed E-state index contributed by atoms with van der Waals surface area (Å²) in [4.78, 5) is 34.7. The van der Waals surface area contributed by atoms with Gasteiger partial charge < -0.3 is 19.6 Å². The van der Waals surface area contributed by atoms with E-state index in [-0.39, 0.29) is 23.7 Å². The van der Waals surface area contributed by atoms with Crippen molar-refractivity contribution in [3.63, 3.8) is 0 Å². The highest BCUT2D eigenvalue weighted by atomic mass is 16.2. The fourth-order valence-corrected chi connectivity index (χ4v) is 4.96. The van der Waals surface area contributed by atoms with Gasteiger partial charge in [0.15, 0.2) is 0 Å². The Morgan fingerprint density at radius 3 is 1.28 bits per heavy atom.